The van der Waals surface area contributed by atoms with Crippen LogP contribution in [0.1, 0.15) is 64.5 Å². The molecule has 0 aromatic heterocycles. The normalized spacial score (nSPS) is 41.1. The highest BCUT2D eigenvalue weighted by Crippen LogP contribution is 2.76. The molecule has 3 saturated carbocycles. The Labute approximate surface area is 180 Å². The minimum atomic E-state index is -0.876. The van der Waals surface area contributed by atoms with Crippen LogP contribution in [-0.2, 0) is 16.6 Å². The zero-order valence-electron chi connectivity index (χ0n) is 19.3. The van der Waals surface area contributed by atoms with Gasteiger partial charge in [-0.25, -0.2) is 0 Å². The van der Waals surface area contributed by atoms with E-state index in [0.29, 0.717) is 11.8 Å². The third-order valence-corrected chi connectivity index (χ3v) is 9.68. The summed E-state index contributed by atoms with van der Waals surface area (Å²) in [5.74, 6) is 0.874. The van der Waals surface area contributed by atoms with Gasteiger partial charge in [0.05, 0.1) is 5.60 Å². The van der Waals surface area contributed by atoms with Crippen molar-refractivity contribution in [3.05, 3.63) is 23.3 Å². The van der Waals surface area contributed by atoms with Gasteiger partial charge in [-0.3, -0.25) is 0 Å². The molecule has 1 aromatic carbocycles. The van der Waals surface area contributed by atoms with Crippen LogP contribution >= 0.6 is 0 Å². The van der Waals surface area contributed by atoms with Crippen molar-refractivity contribution in [3.63, 3.8) is 0 Å². The molecule has 1 aliphatic heterocycles. The smallest absolute Gasteiger partial charge is 0.165 e. The molecular weight excluding hydrogens is 378 g/mol. The number of nitrogens with zero attached hydrogens (tertiary/aromatic N) is 1. The molecule has 0 unspecified atom stereocenters. The summed E-state index contributed by atoms with van der Waals surface area (Å²) in [4.78, 5) is 2.51. The molecule has 6 atom stereocenters. The van der Waals surface area contributed by atoms with Crippen molar-refractivity contribution in [1.29, 1.82) is 0 Å². The van der Waals surface area contributed by atoms with Crippen molar-refractivity contribution in [2.75, 3.05) is 20.7 Å². The van der Waals surface area contributed by atoms with Crippen molar-refractivity contribution in [2.24, 2.45) is 11.3 Å². The number of hydrogen-bond acceptors (Lipinski definition) is 5. The topological polar surface area (TPSA) is 62.2 Å². The van der Waals surface area contributed by atoms with Crippen LogP contribution in [0.15, 0.2) is 12.1 Å². The lowest BCUT2D eigenvalue weighted by Gasteiger charge is -2.72. The summed E-state index contributed by atoms with van der Waals surface area (Å²) in [5, 5.41) is 22.1. The third kappa shape index (κ3) is 2.05. The second-order valence-corrected chi connectivity index (χ2v) is 10.8. The van der Waals surface area contributed by atoms with Crippen LogP contribution in [-0.4, -0.2) is 59.2 Å². The zero-order chi connectivity index (χ0) is 21.7. The van der Waals surface area contributed by atoms with Gasteiger partial charge in [0.15, 0.2) is 11.5 Å². The molecule has 1 aromatic rings. The van der Waals surface area contributed by atoms with Gasteiger partial charge >= 0.3 is 0 Å². The van der Waals surface area contributed by atoms with Gasteiger partial charge in [0.1, 0.15) is 11.7 Å². The average molecular weight is 416 g/mol. The van der Waals surface area contributed by atoms with Crippen LogP contribution in [0.4, 0.5) is 0 Å². The number of rotatable bonds is 5. The lowest BCUT2D eigenvalue weighted by molar-refractivity contribution is -0.289. The molecule has 2 N–H and O–H groups in total. The summed E-state index contributed by atoms with van der Waals surface area (Å²) in [5.41, 5.74) is 0.866. The zero-order valence-corrected chi connectivity index (χ0v) is 19.3. The van der Waals surface area contributed by atoms with E-state index in [1.54, 1.807) is 13.2 Å². The number of aliphatic hydroxyl groups is 1. The Morgan fingerprint density at radius 1 is 1.27 bits per heavy atom. The van der Waals surface area contributed by atoms with E-state index >= 15 is 0 Å². The Kier molecular flexibility index (Phi) is 4.22. The molecular formula is C25H37NO4. The van der Waals surface area contributed by atoms with E-state index in [0.717, 1.165) is 38.6 Å². The number of likely N-dealkylation sites (N-methyl/N-ethyl adjacent to an activating group) is 1. The van der Waals surface area contributed by atoms with Crippen molar-refractivity contribution in [2.45, 2.75) is 88.6 Å². The quantitative estimate of drug-likeness (QED) is 0.769. The molecule has 0 amide bonds. The van der Waals surface area contributed by atoms with Crippen molar-refractivity contribution >= 4 is 0 Å². The number of ether oxygens (including phenoxy) is 2. The van der Waals surface area contributed by atoms with E-state index in [1.807, 2.05) is 13.8 Å². The van der Waals surface area contributed by atoms with Crippen molar-refractivity contribution in [3.8, 4) is 11.5 Å². The number of phenolic OH excluding ortho intramolecular Hbond substituents is 1. The molecule has 1 spiro atoms. The number of hydrogen-bond donors (Lipinski definition) is 2. The maximum atomic E-state index is 11.3. The van der Waals surface area contributed by atoms with E-state index in [1.165, 1.54) is 11.1 Å². The van der Waals surface area contributed by atoms with Crippen molar-refractivity contribution in [1.82, 2.24) is 4.90 Å². The standard InChI is InChI=1S/C25H37NO4/c1-7-24-19-15-9-10-16(27)20(19)30-21(24)25(29-6)12-11-23(24,14-17(25)22(3,4)28)18(13-15)26(5)8-2/h9-10,17-18,21,27-28H,7-8,11-14H2,1-6H3/t17-,18-,21-,23-,24+,25-/m1/s1. The van der Waals surface area contributed by atoms with Gasteiger partial charge in [-0.1, -0.05) is 19.9 Å². The van der Waals surface area contributed by atoms with Crippen LogP contribution in [0.25, 0.3) is 0 Å². The maximum absolute atomic E-state index is 11.3. The summed E-state index contributed by atoms with van der Waals surface area (Å²) in [7, 11) is 4.03. The summed E-state index contributed by atoms with van der Waals surface area (Å²) in [6, 6.07) is 4.28. The maximum Gasteiger partial charge on any atom is 0.165 e. The molecule has 2 bridgehead atoms. The largest absolute Gasteiger partial charge is 0.504 e. The minimum Gasteiger partial charge on any atom is -0.504 e. The Morgan fingerprint density at radius 2 is 2.00 bits per heavy atom. The van der Waals surface area contributed by atoms with E-state index in [2.05, 4.69) is 31.9 Å². The van der Waals surface area contributed by atoms with E-state index < -0.39 is 11.2 Å². The fourth-order valence-electron chi connectivity index (χ4n) is 8.43. The van der Waals surface area contributed by atoms with Gasteiger partial charge in [0, 0.05) is 35.5 Å². The Hall–Kier alpha value is -1.30. The number of phenols is 1. The Bertz CT molecular complexity index is 879. The summed E-state index contributed by atoms with van der Waals surface area (Å²) >= 11 is 0. The van der Waals surface area contributed by atoms with Gasteiger partial charge in [-0.05, 0) is 71.2 Å². The monoisotopic (exact) mass is 415 g/mol. The molecule has 5 aliphatic rings. The molecule has 0 radical (unpaired) electrons. The number of aromatic hydroxyl groups is 1. The summed E-state index contributed by atoms with van der Waals surface area (Å²) in [6.07, 6.45) is 4.56. The van der Waals surface area contributed by atoms with Crippen molar-refractivity contribution < 1.29 is 19.7 Å². The molecule has 30 heavy (non-hydrogen) atoms. The predicted molar refractivity (Wildman–Crippen MR) is 116 cm³/mol. The first kappa shape index (κ1) is 20.6. The highest BCUT2D eigenvalue weighted by atomic mass is 16.6. The Morgan fingerprint density at radius 3 is 2.60 bits per heavy atom. The SMILES string of the molecule is CCN(C)[C@@H]1Cc2ccc(O)c3c2[C@@]2(CC)[C@@H](O3)[C@@]3(OC)CC[C@@]12C[C@@H]3C(C)(C)O. The first-order chi connectivity index (χ1) is 14.1. The molecule has 4 aliphatic carbocycles. The first-order valence-corrected chi connectivity index (χ1v) is 11.6. The summed E-state index contributed by atoms with van der Waals surface area (Å²) in [6.45, 7) is 9.35. The first-order valence-electron chi connectivity index (χ1n) is 11.6. The molecule has 1 heterocycles. The van der Waals surface area contributed by atoms with Crippen LogP contribution in [0.5, 0.6) is 11.5 Å². The third-order valence-electron chi connectivity index (χ3n) is 9.68. The van der Waals surface area contributed by atoms with Crippen LogP contribution in [0.2, 0.25) is 0 Å². The van der Waals surface area contributed by atoms with Gasteiger partial charge in [0.2, 0.25) is 0 Å². The second-order valence-electron chi connectivity index (χ2n) is 10.8. The summed E-state index contributed by atoms with van der Waals surface area (Å²) < 4.78 is 13.1. The molecule has 3 fully saturated rings. The van der Waals surface area contributed by atoms with Gasteiger partial charge < -0.3 is 24.6 Å². The van der Waals surface area contributed by atoms with Crippen LogP contribution in [0.3, 0.4) is 0 Å². The lowest BCUT2D eigenvalue weighted by Crippen LogP contribution is -2.80. The van der Waals surface area contributed by atoms with Crippen LogP contribution in [0, 0.1) is 11.3 Å². The minimum absolute atomic E-state index is 0.0197. The number of benzene rings is 1. The number of methoxy groups -OCH3 is 1. The van der Waals surface area contributed by atoms with Crippen LogP contribution < -0.4 is 4.74 Å². The molecule has 6 rings (SSSR count). The highest BCUT2D eigenvalue weighted by Gasteiger charge is 2.80. The number of fused-ring (bicyclic) bond motifs is 2. The second kappa shape index (κ2) is 6.14. The molecule has 166 valence electrons. The molecule has 5 heteroatoms. The molecule has 5 nitrogen and oxygen atoms in total. The average Bonchev–Trinajstić information content (AvgIpc) is 3.12. The van der Waals surface area contributed by atoms with E-state index in [4.69, 9.17) is 9.47 Å². The van der Waals surface area contributed by atoms with Gasteiger partial charge in [-0.2, -0.15) is 0 Å². The lowest BCUT2D eigenvalue weighted by atomic mass is 9.35. The predicted octanol–water partition coefficient (Wildman–Crippen LogP) is 3.63. The Balaban J connectivity index is 1.85. The highest BCUT2D eigenvalue weighted by molar-refractivity contribution is 5.62. The fourth-order valence-corrected chi connectivity index (χ4v) is 8.43. The van der Waals surface area contributed by atoms with E-state index in [-0.39, 0.29) is 28.6 Å². The molecule has 0 saturated heterocycles. The van der Waals surface area contributed by atoms with Gasteiger partial charge in [-0.15, -0.1) is 0 Å². The van der Waals surface area contributed by atoms with Gasteiger partial charge in [0.25, 0.3) is 0 Å². The fraction of sp³-hybridized carbons (Fsp3) is 0.760. The van der Waals surface area contributed by atoms with E-state index in [9.17, 15) is 10.2 Å².